The average Bonchev–Trinajstić information content (AvgIpc) is 3.14. The molecule has 4 nitrogen and oxygen atoms in total. The van der Waals surface area contributed by atoms with Crippen LogP contribution in [0.15, 0.2) is 18.2 Å². The molecule has 1 amide bonds. The zero-order chi connectivity index (χ0) is 15.6. The second-order valence-electron chi connectivity index (χ2n) is 6.40. The van der Waals surface area contributed by atoms with Gasteiger partial charge in [-0.15, -0.1) is 0 Å². The summed E-state index contributed by atoms with van der Waals surface area (Å²) in [4.78, 5) is 23.7. The largest absolute Gasteiger partial charge is 0.453 e. The lowest BCUT2D eigenvalue weighted by atomic mass is 10.1. The van der Waals surface area contributed by atoms with Gasteiger partial charge in [-0.2, -0.15) is 0 Å². The van der Waals surface area contributed by atoms with Gasteiger partial charge >= 0.3 is 11.9 Å². The number of benzene rings is 1. The van der Waals surface area contributed by atoms with Gasteiger partial charge in [0.05, 0.1) is 0 Å². The van der Waals surface area contributed by atoms with Crippen molar-refractivity contribution < 1.29 is 14.3 Å². The highest BCUT2D eigenvalue weighted by Gasteiger charge is 2.26. The van der Waals surface area contributed by atoms with Gasteiger partial charge in [-0.3, -0.25) is 4.79 Å². The zero-order valence-corrected chi connectivity index (χ0v) is 13.3. The van der Waals surface area contributed by atoms with Crippen molar-refractivity contribution in [2.75, 3.05) is 5.32 Å². The molecular formula is C16H20ClNO3. The number of esters is 1. The minimum absolute atomic E-state index is 0.522. The number of carbonyl (C=O) groups is 2. The summed E-state index contributed by atoms with van der Waals surface area (Å²) in [6.45, 7) is 5.16. The van der Waals surface area contributed by atoms with E-state index in [0.717, 1.165) is 12.0 Å². The summed E-state index contributed by atoms with van der Waals surface area (Å²) in [5, 5.41) is 3.13. The number of amides is 1. The summed E-state index contributed by atoms with van der Waals surface area (Å²) in [7, 11) is 0. The van der Waals surface area contributed by atoms with Crippen LogP contribution in [0.3, 0.4) is 0 Å². The van der Waals surface area contributed by atoms with Crippen LogP contribution in [0.2, 0.25) is 5.02 Å². The third kappa shape index (κ3) is 5.05. The number of nitrogens with one attached hydrogen (secondary N) is 1. The van der Waals surface area contributed by atoms with E-state index in [4.69, 9.17) is 16.3 Å². The molecule has 2 rings (SSSR count). The molecule has 0 spiro atoms. The van der Waals surface area contributed by atoms with Gasteiger partial charge in [-0.05, 0) is 63.6 Å². The van der Waals surface area contributed by atoms with Gasteiger partial charge < -0.3 is 10.1 Å². The molecule has 0 unspecified atom stereocenters. The topological polar surface area (TPSA) is 55.4 Å². The highest BCUT2D eigenvalue weighted by molar-refractivity contribution is 6.37. The molecule has 1 N–H and O–H groups in total. The number of hydrogen-bond donors (Lipinski definition) is 1. The van der Waals surface area contributed by atoms with E-state index in [1.54, 1.807) is 32.9 Å². The smallest absolute Gasteiger partial charge is 0.397 e. The quantitative estimate of drug-likeness (QED) is 0.686. The van der Waals surface area contributed by atoms with Crippen molar-refractivity contribution in [1.29, 1.82) is 0 Å². The van der Waals surface area contributed by atoms with Crippen molar-refractivity contribution in [3.05, 3.63) is 28.8 Å². The molecular weight excluding hydrogens is 290 g/mol. The first kappa shape index (κ1) is 15.8. The predicted molar refractivity (Wildman–Crippen MR) is 82.4 cm³/mol. The second kappa shape index (κ2) is 6.06. The third-order valence-corrected chi connectivity index (χ3v) is 3.35. The van der Waals surface area contributed by atoms with E-state index in [1.807, 2.05) is 6.07 Å². The number of halogens is 1. The van der Waals surface area contributed by atoms with Crippen molar-refractivity contribution in [3.63, 3.8) is 0 Å². The molecule has 1 aliphatic carbocycles. The van der Waals surface area contributed by atoms with Crippen molar-refractivity contribution in [2.45, 2.75) is 45.6 Å². The molecule has 21 heavy (non-hydrogen) atoms. The molecule has 1 aromatic rings. The molecule has 5 heteroatoms. The third-order valence-electron chi connectivity index (χ3n) is 3.11. The fraction of sp³-hybridized carbons (Fsp3) is 0.500. The van der Waals surface area contributed by atoms with E-state index in [-0.39, 0.29) is 0 Å². The number of hydrogen-bond acceptors (Lipinski definition) is 3. The summed E-state index contributed by atoms with van der Waals surface area (Å²) in [5.41, 5.74) is 0.892. The lowest BCUT2D eigenvalue weighted by molar-refractivity contribution is -0.161. The van der Waals surface area contributed by atoms with Crippen LogP contribution in [0.5, 0.6) is 0 Å². The Bertz CT molecular complexity index is 559. The van der Waals surface area contributed by atoms with Crippen LogP contribution in [-0.2, 0) is 20.7 Å². The fourth-order valence-corrected chi connectivity index (χ4v) is 2.15. The minimum atomic E-state index is -0.889. The maximum absolute atomic E-state index is 11.9. The Morgan fingerprint density at radius 2 is 2.00 bits per heavy atom. The summed E-state index contributed by atoms with van der Waals surface area (Å²) in [6.07, 6.45) is 3.31. The molecule has 1 saturated carbocycles. The predicted octanol–water partition coefficient (Wildman–Crippen LogP) is 3.57. The molecule has 0 aliphatic heterocycles. The summed E-state index contributed by atoms with van der Waals surface area (Å²) < 4.78 is 5.05. The number of anilines is 1. The van der Waals surface area contributed by atoms with Crippen LogP contribution in [0.1, 0.15) is 39.2 Å². The van der Waals surface area contributed by atoms with Gasteiger partial charge in [0.25, 0.3) is 0 Å². The van der Waals surface area contributed by atoms with Gasteiger partial charge in [0.1, 0.15) is 5.60 Å². The first-order valence-electron chi connectivity index (χ1n) is 7.07. The molecule has 114 valence electrons. The first-order chi connectivity index (χ1) is 9.74. The monoisotopic (exact) mass is 309 g/mol. The van der Waals surface area contributed by atoms with Crippen LogP contribution < -0.4 is 5.32 Å². The maximum atomic E-state index is 11.9. The lowest BCUT2D eigenvalue weighted by Crippen LogP contribution is -2.32. The van der Waals surface area contributed by atoms with Crippen LogP contribution in [-0.4, -0.2) is 17.5 Å². The molecule has 1 fully saturated rings. The van der Waals surface area contributed by atoms with Crippen LogP contribution >= 0.6 is 11.6 Å². The summed E-state index contributed by atoms with van der Waals surface area (Å²) >= 11 is 5.97. The van der Waals surface area contributed by atoms with Crippen LogP contribution in [0, 0.1) is 5.92 Å². The number of rotatable bonds is 3. The Labute approximate surface area is 129 Å². The molecule has 0 aromatic heterocycles. The first-order valence-corrected chi connectivity index (χ1v) is 7.45. The minimum Gasteiger partial charge on any atom is -0.453 e. The molecule has 0 atom stereocenters. The second-order valence-corrected chi connectivity index (χ2v) is 6.84. The average molecular weight is 310 g/mol. The summed E-state index contributed by atoms with van der Waals surface area (Å²) in [6, 6.07) is 5.36. The SMILES string of the molecule is CC(C)(C)OC(=O)C(=O)Nc1cc(Cl)ccc1CC1CC1. The number of ether oxygens (including phenoxy) is 1. The zero-order valence-electron chi connectivity index (χ0n) is 12.5. The van der Waals surface area contributed by atoms with Gasteiger partial charge in [0, 0.05) is 10.7 Å². The molecule has 0 radical (unpaired) electrons. The van der Waals surface area contributed by atoms with Crippen LogP contribution in [0.25, 0.3) is 0 Å². The fourth-order valence-electron chi connectivity index (χ4n) is 1.97. The van der Waals surface area contributed by atoms with E-state index < -0.39 is 17.5 Å². The molecule has 1 aliphatic rings. The van der Waals surface area contributed by atoms with Crippen molar-refractivity contribution in [2.24, 2.45) is 5.92 Å². The van der Waals surface area contributed by atoms with Gasteiger partial charge in [-0.25, -0.2) is 4.79 Å². The molecule has 0 heterocycles. The number of carbonyl (C=O) groups excluding carboxylic acids is 2. The Hall–Kier alpha value is -1.55. The molecule has 0 saturated heterocycles. The highest BCUT2D eigenvalue weighted by atomic mass is 35.5. The standard InChI is InChI=1S/C16H20ClNO3/c1-16(2,3)21-15(20)14(19)18-13-9-12(17)7-6-11(13)8-10-4-5-10/h6-7,9-10H,4-5,8H2,1-3H3,(H,18,19). The van der Waals surface area contributed by atoms with Crippen molar-refractivity contribution in [1.82, 2.24) is 0 Å². The Morgan fingerprint density at radius 1 is 1.33 bits per heavy atom. The lowest BCUT2D eigenvalue weighted by Gasteiger charge is -2.19. The Morgan fingerprint density at radius 3 is 2.57 bits per heavy atom. The molecule has 0 bridgehead atoms. The van der Waals surface area contributed by atoms with Crippen molar-refractivity contribution in [3.8, 4) is 0 Å². The Kier molecular flexibility index (Phi) is 4.57. The van der Waals surface area contributed by atoms with E-state index in [2.05, 4.69) is 5.32 Å². The Balaban J connectivity index is 2.08. The van der Waals surface area contributed by atoms with Gasteiger partial charge in [-0.1, -0.05) is 17.7 Å². The highest BCUT2D eigenvalue weighted by Crippen LogP contribution is 2.35. The van der Waals surface area contributed by atoms with Crippen molar-refractivity contribution >= 4 is 29.2 Å². The normalized spacial score (nSPS) is 14.7. The van der Waals surface area contributed by atoms with E-state index in [0.29, 0.717) is 16.6 Å². The summed E-state index contributed by atoms with van der Waals surface area (Å²) in [5.74, 6) is -0.993. The van der Waals surface area contributed by atoms with Crippen LogP contribution in [0.4, 0.5) is 5.69 Å². The van der Waals surface area contributed by atoms with E-state index >= 15 is 0 Å². The van der Waals surface area contributed by atoms with E-state index in [1.165, 1.54) is 12.8 Å². The maximum Gasteiger partial charge on any atom is 0.397 e. The van der Waals surface area contributed by atoms with E-state index in [9.17, 15) is 9.59 Å². The molecule has 1 aromatic carbocycles. The van der Waals surface area contributed by atoms with Gasteiger partial charge in [0.15, 0.2) is 0 Å². The van der Waals surface area contributed by atoms with Gasteiger partial charge in [0.2, 0.25) is 0 Å².